The SMILES string of the molecule is CCCCCNc1nc(N)nc(C)c1Cc1ccc(CC(=O)OCCN2CCOCC2)cc1. The summed E-state index contributed by atoms with van der Waals surface area (Å²) in [6.07, 6.45) is 4.42. The van der Waals surface area contributed by atoms with E-state index in [0.29, 0.717) is 13.0 Å². The van der Waals surface area contributed by atoms with Crippen molar-refractivity contribution in [2.24, 2.45) is 0 Å². The molecule has 3 rings (SSSR count). The smallest absolute Gasteiger partial charge is 0.310 e. The summed E-state index contributed by atoms with van der Waals surface area (Å²) in [5.41, 5.74) is 9.89. The summed E-state index contributed by atoms with van der Waals surface area (Å²) in [6, 6.07) is 8.07. The lowest BCUT2D eigenvalue weighted by atomic mass is 10.0. The fourth-order valence-electron chi connectivity index (χ4n) is 3.87. The molecule has 8 heteroatoms. The number of nitrogens with zero attached hydrogens (tertiary/aromatic N) is 3. The first kappa shape index (κ1) is 24.9. The minimum atomic E-state index is -0.197. The van der Waals surface area contributed by atoms with Crippen molar-refractivity contribution in [2.45, 2.75) is 46.0 Å². The summed E-state index contributed by atoms with van der Waals surface area (Å²) in [7, 11) is 0. The van der Waals surface area contributed by atoms with Gasteiger partial charge in [0.2, 0.25) is 5.95 Å². The molecule has 2 aromatic rings. The number of nitrogen functional groups attached to an aromatic ring is 1. The molecule has 1 aromatic heterocycles. The van der Waals surface area contributed by atoms with Gasteiger partial charge in [0.05, 0.1) is 19.6 Å². The molecule has 1 aliphatic heterocycles. The van der Waals surface area contributed by atoms with Crippen LogP contribution >= 0.6 is 0 Å². The molecular formula is C25H37N5O3. The number of hydrogen-bond acceptors (Lipinski definition) is 8. The van der Waals surface area contributed by atoms with Crippen molar-refractivity contribution in [3.63, 3.8) is 0 Å². The number of morpholine rings is 1. The highest BCUT2D eigenvalue weighted by molar-refractivity contribution is 5.72. The zero-order chi connectivity index (χ0) is 23.5. The molecule has 1 aliphatic rings. The lowest BCUT2D eigenvalue weighted by Gasteiger charge is -2.26. The van der Waals surface area contributed by atoms with E-state index in [4.69, 9.17) is 15.2 Å². The van der Waals surface area contributed by atoms with Crippen LogP contribution in [0.15, 0.2) is 24.3 Å². The Labute approximate surface area is 196 Å². The van der Waals surface area contributed by atoms with Crippen LogP contribution in [-0.2, 0) is 27.1 Å². The van der Waals surface area contributed by atoms with Gasteiger partial charge >= 0.3 is 5.97 Å². The molecule has 0 spiro atoms. The van der Waals surface area contributed by atoms with Crippen LogP contribution in [0.2, 0.25) is 0 Å². The monoisotopic (exact) mass is 455 g/mol. The Bertz CT molecular complexity index is 882. The number of carbonyl (C=O) groups excluding carboxylic acids is 1. The Morgan fingerprint density at radius 2 is 1.88 bits per heavy atom. The highest BCUT2D eigenvalue weighted by atomic mass is 16.5. The van der Waals surface area contributed by atoms with E-state index in [1.165, 1.54) is 12.8 Å². The lowest BCUT2D eigenvalue weighted by molar-refractivity contribution is -0.143. The quantitative estimate of drug-likeness (QED) is 0.372. The number of nitrogens with two attached hydrogens (primary N) is 1. The van der Waals surface area contributed by atoms with Gasteiger partial charge in [-0.25, -0.2) is 4.98 Å². The number of rotatable bonds is 12. The second kappa shape index (κ2) is 13.1. The van der Waals surface area contributed by atoms with E-state index in [0.717, 1.165) is 74.0 Å². The van der Waals surface area contributed by atoms with Gasteiger partial charge in [-0.3, -0.25) is 9.69 Å². The van der Waals surface area contributed by atoms with Crippen LogP contribution < -0.4 is 11.1 Å². The maximum atomic E-state index is 12.2. The van der Waals surface area contributed by atoms with E-state index in [-0.39, 0.29) is 18.3 Å². The van der Waals surface area contributed by atoms with E-state index in [9.17, 15) is 4.79 Å². The zero-order valence-electron chi connectivity index (χ0n) is 19.9. The van der Waals surface area contributed by atoms with Gasteiger partial charge in [0.1, 0.15) is 12.4 Å². The standard InChI is InChI=1S/C25H37N5O3/c1-3-4-5-10-27-24-22(19(2)28-25(26)29-24)17-20-6-8-21(9-7-20)18-23(31)33-16-13-30-11-14-32-15-12-30/h6-9H,3-5,10-18H2,1-2H3,(H3,26,27,28,29). The minimum Gasteiger partial charge on any atom is -0.464 e. The van der Waals surface area contributed by atoms with Crippen LogP contribution in [0.4, 0.5) is 11.8 Å². The Kier molecular flexibility index (Phi) is 9.90. The molecule has 3 N–H and O–H groups in total. The first-order valence-electron chi connectivity index (χ1n) is 12.0. The molecule has 1 aromatic carbocycles. The second-order valence-electron chi connectivity index (χ2n) is 8.47. The molecule has 0 atom stereocenters. The summed E-state index contributed by atoms with van der Waals surface area (Å²) in [4.78, 5) is 23.2. The summed E-state index contributed by atoms with van der Waals surface area (Å²) in [6.45, 7) is 9.48. The van der Waals surface area contributed by atoms with Crippen molar-refractivity contribution in [1.29, 1.82) is 0 Å². The van der Waals surface area contributed by atoms with Crippen molar-refractivity contribution < 1.29 is 14.3 Å². The van der Waals surface area contributed by atoms with Gasteiger partial charge < -0.3 is 20.5 Å². The van der Waals surface area contributed by atoms with Gasteiger partial charge in [-0.1, -0.05) is 44.0 Å². The van der Waals surface area contributed by atoms with Crippen molar-refractivity contribution >= 4 is 17.7 Å². The predicted molar refractivity (Wildman–Crippen MR) is 130 cm³/mol. The van der Waals surface area contributed by atoms with Crippen LogP contribution in [0.3, 0.4) is 0 Å². The number of aromatic nitrogens is 2. The molecule has 180 valence electrons. The van der Waals surface area contributed by atoms with Gasteiger partial charge in [-0.2, -0.15) is 4.98 Å². The Balaban J connectivity index is 1.52. The Morgan fingerprint density at radius 1 is 1.15 bits per heavy atom. The first-order chi connectivity index (χ1) is 16.0. The van der Waals surface area contributed by atoms with Crippen LogP contribution in [-0.4, -0.2) is 66.8 Å². The number of hydrogen-bond donors (Lipinski definition) is 2. The lowest BCUT2D eigenvalue weighted by Crippen LogP contribution is -2.38. The molecular weight excluding hydrogens is 418 g/mol. The van der Waals surface area contributed by atoms with Crippen molar-refractivity contribution in [1.82, 2.24) is 14.9 Å². The maximum Gasteiger partial charge on any atom is 0.310 e. The van der Waals surface area contributed by atoms with E-state index in [1.807, 2.05) is 31.2 Å². The van der Waals surface area contributed by atoms with Crippen LogP contribution in [0, 0.1) is 6.92 Å². The van der Waals surface area contributed by atoms with E-state index >= 15 is 0 Å². The summed E-state index contributed by atoms with van der Waals surface area (Å²) in [5, 5.41) is 3.43. The number of benzene rings is 1. The first-order valence-corrected chi connectivity index (χ1v) is 12.0. The average molecular weight is 456 g/mol. The third-order valence-electron chi connectivity index (χ3n) is 5.83. The molecule has 0 bridgehead atoms. The van der Waals surface area contributed by atoms with Gasteiger partial charge in [0.15, 0.2) is 0 Å². The van der Waals surface area contributed by atoms with Crippen LogP contribution in [0.1, 0.15) is 48.6 Å². The summed E-state index contributed by atoms with van der Waals surface area (Å²) < 4.78 is 10.7. The fourth-order valence-corrected chi connectivity index (χ4v) is 3.87. The molecule has 0 saturated carbocycles. The highest BCUT2D eigenvalue weighted by Crippen LogP contribution is 2.22. The predicted octanol–water partition coefficient (Wildman–Crippen LogP) is 2.98. The van der Waals surface area contributed by atoms with Crippen molar-refractivity contribution in [3.05, 3.63) is 46.6 Å². The number of anilines is 2. The van der Waals surface area contributed by atoms with Crippen LogP contribution in [0.5, 0.6) is 0 Å². The van der Waals surface area contributed by atoms with Gasteiger partial charge in [-0.05, 0) is 24.5 Å². The molecule has 1 fully saturated rings. The van der Waals surface area contributed by atoms with Gasteiger partial charge in [-0.15, -0.1) is 0 Å². The molecule has 0 amide bonds. The minimum absolute atomic E-state index is 0.197. The molecule has 1 saturated heterocycles. The molecule has 0 radical (unpaired) electrons. The number of ether oxygens (including phenoxy) is 2. The number of carbonyl (C=O) groups is 1. The maximum absolute atomic E-state index is 12.2. The van der Waals surface area contributed by atoms with Crippen LogP contribution in [0.25, 0.3) is 0 Å². The molecule has 8 nitrogen and oxygen atoms in total. The third kappa shape index (κ3) is 8.29. The normalized spacial score (nSPS) is 14.2. The number of unbranched alkanes of at least 4 members (excludes halogenated alkanes) is 2. The Hall–Kier alpha value is -2.71. The van der Waals surface area contributed by atoms with Gasteiger partial charge in [0.25, 0.3) is 0 Å². The molecule has 33 heavy (non-hydrogen) atoms. The number of esters is 1. The van der Waals surface area contributed by atoms with Crippen molar-refractivity contribution in [3.8, 4) is 0 Å². The second-order valence-corrected chi connectivity index (χ2v) is 8.47. The topological polar surface area (TPSA) is 103 Å². The summed E-state index contributed by atoms with van der Waals surface area (Å²) >= 11 is 0. The molecule has 0 aliphatic carbocycles. The fraction of sp³-hybridized carbons (Fsp3) is 0.560. The largest absolute Gasteiger partial charge is 0.464 e. The molecule has 2 heterocycles. The average Bonchev–Trinajstić information content (AvgIpc) is 2.80. The highest BCUT2D eigenvalue weighted by Gasteiger charge is 2.13. The zero-order valence-corrected chi connectivity index (χ0v) is 19.9. The van der Waals surface area contributed by atoms with E-state index in [1.54, 1.807) is 0 Å². The Morgan fingerprint density at radius 3 is 2.61 bits per heavy atom. The number of nitrogens with one attached hydrogen (secondary N) is 1. The van der Waals surface area contributed by atoms with Crippen molar-refractivity contribution in [2.75, 3.05) is 57.1 Å². The third-order valence-corrected chi connectivity index (χ3v) is 5.83. The van der Waals surface area contributed by atoms with Gasteiger partial charge in [0, 0.05) is 43.9 Å². The van der Waals surface area contributed by atoms with E-state index < -0.39 is 0 Å². The number of aryl methyl sites for hydroxylation is 1. The summed E-state index contributed by atoms with van der Waals surface area (Å²) in [5.74, 6) is 0.901. The molecule has 0 unspecified atom stereocenters. The van der Waals surface area contributed by atoms with E-state index in [2.05, 4.69) is 27.1 Å².